The molecule has 0 bridgehead atoms. The SMILES string of the molecule is C.C[C@@H](OC(C)(C)C)[C@H](NC(=O)OC(C)(C)C)C(=O)N1CC[C@@H]2[C@H]1[C@@H](c1c[nH]c3cc(F)ccc13)CN2C(=O)OCc1ccccc1.O=C(OCc1ccccc1)N1C[C@H](c2c[nH]c3cc(F)ccc23)[C@H]2NCC[C@H]21. The van der Waals surface area contributed by atoms with Crippen molar-refractivity contribution >= 4 is 46.0 Å². The van der Waals surface area contributed by atoms with E-state index in [-0.39, 0.29) is 74.2 Å². The Bertz CT molecular complexity index is 2950. The molecule has 0 saturated carbocycles. The Labute approximate surface area is 437 Å². The molecule has 10 rings (SSSR count). The van der Waals surface area contributed by atoms with E-state index in [9.17, 15) is 28.0 Å². The van der Waals surface area contributed by atoms with Gasteiger partial charge in [0, 0.05) is 71.7 Å². The maximum Gasteiger partial charge on any atom is 0.410 e. The number of halogens is 2. The number of ether oxygens (including phenoxy) is 4. The monoisotopic (exact) mass is 1030 g/mol. The average Bonchev–Trinajstić information content (AvgIpc) is 4.22. The number of H-pyrrole nitrogens is 2. The van der Waals surface area contributed by atoms with Crippen molar-refractivity contribution in [3.05, 3.63) is 143 Å². The molecule has 4 fully saturated rings. The highest BCUT2D eigenvalue weighted by molar-refractivity contribution is 5.89. The van der Waals surface area contributed by atoms with E-state index in [1.54, 1.807) is 43.6 Å². The second-order valence-corrected chi connectivity index (χ2v) is 21.7. The van der Waals surface area contributed by atoms with Crippen molar-refractivity contribution in [3.8, 4) is 0 Å². The van der Waals surface area contributed by atoms with E-state index in [0.717, 1.165) is 51.5 Å². The standard InChI is InChI=1S/C35H45FN4O6.C22H22FN3O2.CH4/c1-21(45-34(2,3)4)29(38-32(42)46-35(5,6)7)31(41)39-16-15-28-30(39)26(25-18-37-27-17-23(36)13-14-24(25)27)19-40(28)33(43)44-20-22-11-9-8-10-12-22;23-15-6-7-16-17(11-25-19(16)10-15)18-12-26(20-8-9-24-21(18)20)22(27)28-13-14-4-2-1-3-5-14;/h8-14,17-18,21,26,28-30,37H,15-16,19-20H2,1-7H3,(H,38,42);1-7,10-11,18,20-21,24-25H,8-9,12-13H2;1H4/t21-,26-,28-,29+,30-;18-,20-,21-;/m11./s1. The Kier molecular flexibility index (Phi) is 16.3. The highest BCUT2D eigenvalue weighted by Gasteiger charge is 2.55. The molecule has 0 spiro atoms. The van der Waals surface area contributed by atoms with E-state index in [4.69, 9.17) is 18.9 Å². The third-order valence-corrected chi connectivity index (χ3v) is 14.3. The molecule has 0 unspecified atom stereocenters. The van der Waals surface area contributed by atoms with Crippen molar-refractivity contribution in [2.24, 2.45) is 0 Å². The first kappa shape index (κ1) is 54.3. The van der Waals surface area contributed by atoms with Gasteiger partial charge in [0.25, 0.3) is 0 Å². The summed E-state index contributed by atoms with van der Waals surface area (Å²) in [5.41, 5.74) is 3.90. The van der Waals surface area contributed by atoms with E-state index in [2.05, 4.69) is 20.6 Å². The number of aromatic amines is 2. The maximum atomic E-state index is 14.5. The second-order valence-electron chi connectivity index (χ2n) is 21.7. The fraction of sp³-hybridized carbons (Fsp3) is 0.448. The summed E-state index contributed by atoms with van der Waals surface area (Å²) in [5, 5.41) is 8.16. The number of hydrogen-bond acceptors (Lipinski definition) is 9. The van der Waals surface area contributed by atoms with Crippen LogP contribution in [0.4, 0.5) is 23.2 Å². The van der Waals surface area contributed by atoms with Crippen LogP contribution in [0.2, 0.25) is 0 Å². The molecule has 4 aromatic carbocycles. The van der Waals surface area contributed by atoms with Crippen molar-refractivity contribution in [1.82, 2.24) is 35.3 Å². The summed E-state index contributed by atoms with van der Waals surface area (Å²) in [6.07, 6.45) is 3.07. The first-order valence-electron chi connectivity index (χ1n) is 25.5. The van der Waals surface area contributed by atoms with Gasteiger partial charge in [-0.25, -0.2) is 23.2 Å². The number of nitrogens with one attached hydrogen (secondary N) is 4. The Balaban J connectivity index is 0.000000219. The minimum Gasteiger partial charge on any atom is -0.445 e. The quantitative estimate of drug-likeness (QED) is 0.0975. The van der Waals surface area contributed by atoms with E-state index < -0.39 is 41.6 Å². The van der Waals surface area contributed by atoms with Gasteiger partial charge < -0.3 is 54.2 Å². The summed E-state index contributed by atoms with van der Waals surface area (Å²) >= 11 is 0. The predicted octanol–water partition coefficient (Wildman–Crippen LogP) is 10.5. The van der Waals surface area contributed by atoms with Crippen LogP contribution in [0.5, 0.6) is 0 Å². The molecule has 6 aromatic rings. The summed E-state index contributed by atoms with van der Waals surface area (Å²) in [5.74, 6) is -1.10. The topological polar surface area (TPSA) is 171 Å². The fourth-order valence-electron chi connectivity index (χ4n) is 11.3. The van der Waals surface area contributed by atoms with Gasteiger partial charge in [-0.15, -0.1) is 0 Å². The van der Waals surface area contributed by atoms with E-state index in [1.165, 1.54) is 24.3 Å². The van der Waals surface area contributed by atoms with Gasteiger partial charge in [-0.3, -0.25) is 4.79 Å². The predicted molar refractivity (Wildman–Crippen MR) is 283 cm³/mol. The minimum absolute atomic E-state index is 0. The molecular formula is C58H71F2N7O8. The summed E-state index contributed by atoms with van der Waals surface area (Å²) in [7, 11) is 0. The Morgan fingerprint density at radius 2 is 1.20 bits per heavy atom. The maximum absolute atomic E-state index is 14.5. The van der Waals surface area contributed by atoms with Crippen LogP contribution < -0.4 is 10.6 Å². The second kappa shape index (κ2) is 22.5. The number of nitrogens with zero attached hydrogens (tertiary/aromatic N) is 3. The summed E-state index contributed by atoms with van der Waals surface area (Å²) in [6, 6.07) is 27.0. The number of rotatable bonds is 10. The third-order valence-electron chi connectivity index (χ3n) is 14.3. The number of amides is 4. The molecule has 15 nitrogen and oxygen atoms in total. The smallest absolute Gasteiger partial charge is 0.410 e. The van der Waals surface area contributed by atoms with Gasteiger partial charge in [0.2, 0.25) is 5.91 Å². The van der Waals surface area contributed by atoms with Crippen molar-refractivity contribution in [1.29, 1.82) is 0 Å². The van der Waals surface area contributed by atoms with Gasteiger partial charge in [0.05, 0.1) is 29.8 Å². The minimum atomic E-state index is -1.05. The van der Waals surface area contributed by atoms with Gasteiger partial charge in [0.15, 0.2) is 0 Å². The molecule has 0 aliphatic carbocycles. The molecule has 6 heterocycles. The van der Waals surface area contributed by atoms with Crippen LogP contribution in [0.3, 0.4) is 0 Å². The van der Waals surface area contributed by atoms with Crippen molar-refractivity contribution in [2.45, 2.75) is 141 Å². The number of fused-ring (bicyclic) bond motifs is 4. The van der Waals surface area contributed by atoms with Crippen LogP contribution in [0.1, 0.15) is 103 Å². The van der Waals surface area contributed by atoms with Gasteiger partial charge in [-0.1, -0.05) is 68.1 Å². The van der Waals surface area contributed by atoms with Crippen LogP contribution in [0, 0.1) is 11.6 Å². The number of carbonyl (C=O) groups is 4. The summed E-state index contributed by atoms with van der Waals surface area (Å²) in [6.45, 7) is 15.2. The number of carbonyl (C=O) groups excluding carboxylic acids is 4. The number of alkyl carbamates (subject to hydrolysis) is 1. The number of benzene rings is 4. The van der Waals surface area contributed by atoms with Crippen LogP contribution in [0.25, 0.3) is 21.8 Å². The number of hydrogen-bond donors (Lipinski definition) is 4. The lowest BCUT2D eigenvalue weighted by Gasteiger charge is -2.36. The van der Waals surface area contributed by atoms with Crippen LogP contribution in [0.15, 0.2) is 109 Å². The zero-order valence-electron chi connectivity index (χ0n) is 43.0. The van der Waals surface area contributed by atoms with Gasteiger partial charge in [0.1, 0.15) is 36.5 Å². The molecule has 8 atom stereocenters. The Morgan fingerprint density at radius 1 is 0.680 bits per heavy atom. The van der Waals surface area contributed by atoms with E-state index in [0.29, 0.717) is 31.6 Å². The first-order chi connectivity index (χ1) is 35.3. The molecule has 400 valence electrons. The molecule has 2 aromatic heterocycles. The highest BCUT2D eigenvalue weighted by Crippen LogP contribution is 2.44. The lowest BCUT2D eigenvalue weighted by molar-refractivity contribution is -0.142. The highest BCUT2D eigenvalue weighted by atomic mass is 19.1. The van der Waals surface area contributed by atoms with Gasteiger partial charge in [-0.05, 0) is 127 Å². The lowest BCUT2D eigenvalue weighted by atomic mass is 9.91. The Hall–Kier alpha value is -6.98. The molecule has 4 aliphatic rings. The molecule has 17 heteroatoms. The van der Waals surface area contributed by atoms with Gasteiger partial charge >= 0.3 is 18.3 Å². The van der Waals surface area contributed by atoms with Gasteiger partial charge in [-0.2, -0.15) is 0 Å². The normalized spacial score (nSPS) is 21.9. The lowest BCUT2D eigenvalue weighted by Crippen LogP contribution is -2.57. The van der Waals surface area contributed by atoms with Crippen molar-refractivity contribution in [3.63, 3.8) is 0 Å². The molecule has 0 radical (unpaired) electrons. The van der Waals surface area contributed by atoms with Crippen LogP contribution in [-0.2, 0) is 37.0 Å². The molecule has 4 N–H and O–H groups in total. The van der Waals surface area contributed by atoms with E-state index >= 15 is 0 Å². The first-order valence-corrected chi connectivity index (χ1v) is 25.5. The third kappa shape index (κ3) is 12.3. The number of likely N-dealkylation sites (tertiary alicyclic amines) is 3. The molecular weight excluding hydrogens is 961 g/mol. The zero-order chi connectivity index (χ0) is 52.5. The summed E-state index contributed by atoms with van der Waals surface area (Å²) < 4.78 is 50.7. The van der Waals surface area contributed by atoms with Crippen molar-refractivity contribution in [2.75, 3.05) is 26.2 Å². The average molecular weight is 1030 g/mol. The summed E-state index contributed by atoms with van der Waals surface area (Å²) in [4.78, 5) is 65.5. The van der Waals surface area contributed by atoms with Crippen LogP contribution in [-0.4, -0.2) is 123 Å². The largest absolute Gasteiger partial charge is 0.445 e. The zero-order valence-corrected chi connectivity index (χ0v) is 43.0. The number of aromatic nitrogens is 2. The molecule has 4 saturated heterocycles. The van der Waals surface area contributed by atoms with E-state index in [1.807, 2.05) is 105 Å². The van der Waals surface area contributed by atoms with Crippen molar-refractivity contribution < 1.29 is 46.9 Å². The fourth-order valence-corrected chi connectivity index (χ4v) is 11.3. The van der Waals surface area contributed by atoms with Crippen LogP contribution >= 0.6 is 0 Å². The molecule has 4 aliphatic heterocycles. The Morgan fingerprint density at radius 3 is 1.73 bits per heavy atom. The molecule has 75 heavy (non-hydrogen) atoms. The molecule has 4 amide bonds.